The highest BCUT2D eigenvalue weighted by atomic mass is 35.5. The van der Waals surface area contributed by atoms with Crippen LogP contribution in [0.3, 0.4) is 0 Å². The van der Waals surface area contributed by atoms with Gasteiger partial charge in [-0.05, 0) is 17.7 Å². The molecule has 1 N–H and O–H groups in total. The van der Waals surface area contributed by atoms with Gasteiger partial charge in [0.2, 0.25) is 0 Å². The van der Waals surface area contributed by atoms with Gasteiger partial charge in [0.1, 0.15) is 0 Å². The normalized spacial score (nSPS) is 17.7. The van der Waals surface area contributed by atoms with E-state index in [2.05, 4.69) is 10.2 Å². The maximum Gasteiger partial charge on any atom is 0.0607 e. The molecule has 88 valence electrons. The van der Waals surface area contributed by atoms with E-state index in [4.69, 9.17) is 34.8 Å². The van der Waals surface area contributed by atoms with Gasteiger partial charge >= 0.3 is 0 Å². The van der Waals surface area contributed by atoms with Crippen LogP contribution in [0.15, 0.2) is 12.1 Å². The molecule has 0 aromatic heterocycles. The monoisotopic (exact) mass is 278 g/mol. The molecule has 0 radical (unpaired) electrons. The molecular formula is C11H13Cl3N2. The highest BCUT2D eigenvalue weighted by molar-refractivity contribution is 6.43. The molecule has 1 fully saturated rings. The van der Waals surface area contributed by atoms with E-state index in [9.17, 15) is 0 Å². The van der Waals surface area contributed by atoms with Gasteiger partial charge < -0.3 is 5.32 Å². The third-order valence-electron chi connectivity index (χ3n) is 2.69. The summed E-state index contributed by atoms with van der Waals surface area (Å²) in [6.45, 7) is 4.96. The first-order valence-electron chi connectivity index (χ1n) is 5.23. The van der Waals surface area contributed by atoms with Gasteiger partial charge in [-0.25, -0.2) is 0 Å². The zero-order valence-corrected chi connectivity index (χ0v) is 11.0. The second kappa shape index (κ2) is 5.56. The maximum atomic E-state index is 6.14. The number of benzene rings is 1. The van der Waals surface area contributed by atoms with Crippen LogP contribution in [0, 0.1) is 0 Å². The molecule has 0 spiro atoms. The van der Waals surface area contributed by atoms with Gasteiger partial charge in [0, 0.05) is 37.7 Å². The lowest BCUT2D eigenvalue weighted by Crippen LogP contribution is -2.42. The van der Waals surface area contributed by atoms with Gasteiger partial charge in [0.05, 0.1) is 10.0 Å². The molecule has 5 heteroatoms. The van der Waals surface area contributed by atoms with Crippen molar-refractivity contribution in [2.75, 3.05) is 26.2 Å². The molecule has 1 aromatic carbocycles. The molecule has 2 nitrogen and oxygen atoms in total. The van der Waals surface area contributed by atoms with Crippen LogP contribution in [0.2, 0.25) is 15.1 Å². The van der Waals surface area contributed by atoms with E-state index in [0.29, 0.717) is 15.1 Å². The molecule has 0 amide bonds. The average Bonchev–Trinajstić information content (AvgIpc) is 2.27. The van der Waals surface area contributed by atoms with Gasteiger partial charge in [0.15, 0.2) is 0 Å². The highest BCUT2D eigenvalue weighted by Gasteiger charge is 2.13. The summed E-state index contributed by atoms with van der Waals surface area (Å²) >= 11 is 18.0. The second-order valence-electron chi connectivity index (χ2n) is 3.88. The van der Waals surface area contributed by atoms with Crippen molar-refractivity contribution in [3.63, 3.8) is 0 Å². The highest BCUT2D eigenvalue weighted by Crippen LogP contribution is 2.29. The molecule has 0 atom stereocenters. The third kappa shape index (κ3) is 3.02. The van der Waals surface area contributed by atoms with Crippen molar-refractivity contribution in [2.45, 2.75) is 6.54 Å². The Morgan fingerprint density at radius 2 is 1.62 bits per heavy atom. The van der Waals surface area contributed by atoms with Crippen LogP contribution in [-0.2, 0) is 6.54 Å². The molecule has 2 rings (SSSR count). The van der Waals surface area contributed by atoms with Crippen LogP contribution >= 0.6 is 34.8 Å². The predicted molar refractivity (Wildman–Crippen MR) is 69.6 cm³/mol. The first kappa shape index (κ1) is 12.5. The smallest absolute Gasteiger partial charge is 0.0607 e. The van der Waals surface area contributed by atoms with Crippen molar-refractivity contribution in [3.05, 3.63) is 32.8 Å². The fourth-order valence-corrected chi connectivity index (χ4v) is 2.42. The number of hydrogen-bond donors (Lipinski definition) is 1. The Labute approximate surface area is 110 Å². The van der Waals surface area contributed by atoms with E-state index in [0.717, 1.165) is 38.3 Å². The van der Waals surface area contributed by atoms with Crippen molar-refractivity contribution in [1.82, 2.24) is 10.2 Å². The van der Waals surface area contributed by atoms with Crippen molar-refractivity contribution < 1.29 is 0 Å². The Balaban J connectivity index is 2.11. The number of nitrogens with one attached hydrogen (secondary N) is 1. The van der Waals surface area contributed by atoms with Crippen molar-refractivity contribution in [2.24, 2.45) is 0 Å². The van der Waals surface area contributed by atoms with E-state index in [1.165, 1.54) is 0 Å². The van der Waals surface area contributed by atoms with Crippen LogP contribution < -0.4 is 5.32 Å². The molecule has 1 aromatic rings. The Hall–Kier alpha value is 0.01000. The Morgan fingerprint density at radius 1 is 1.00 bits per heavy atom. The van der Waals surface area contributed by atoms with Crippen LogP contribution in [0.4, 0.5) is 0 Å². The fraction of sp³-hybridized carbons (Fsp3) is 0.455. The minimum absolute atomic E-state index is 0.510. The van der Waals surface area contributed by atoms with Gasteiger partial charge in [-0.3, -0.25) is 4.90 Å². The summed E-state index contributed by atoms with van der Waals surface area (Å²) in [5, 5.41) is 5.08. The predicted octanol–water partition coefficient (Wildman–Crippen LogP) is 3.05. The number of piperazine rings is 1. The molecule has 0 saturated carbocycles. The number of rotatable bonds is 2. The van der Waals surface area contributed by atoms with E-state index >= 15 is 0 Å². The number of nitrogens with zero attached hydrogens (tertiary/aromatic N) is 1. The van der Waals surface area contributed by atoms with Gasteiger partial charge in [-0.2, -0.15) is 0 Å². The van der Waals surface area contributed by atoms with E-state index in [1.54, 1.807) is 6.07 Å². The molecule has 1 saturated heterocycles. The summed E-state index contributed by atoms with van der Waals surface area (Å²) in [6.07, 6.45) is 0. The van der Waals surface area contributed by atoms with Crippen LogP contribution in [-0.4, -0.2) is 31.1 Å². The molecule has 0 bridgehead atoms. The minimum atomic E-state index is 0.510. The Kier molecular flexibility index (Phi) is 4.34. The molecular weight excluding hydrogens is 266 g/mol. The topological polar surface area (TPSA) is 15.3 Å². The summed E-state index contributed by atoms with van der Waals surface area (Å²) in [5.41, 5.74) is 1.04. The molecule has 0 aliphatic carbocycles. The standard InChI is InChI=1S/C11H13Cl3N2/c12-9-6-11(14)10(13)5-8(9)7-16-3-1-15-2-4-16/h5-6,15H,1-4,7H2. The Bertz CT molecular complexity index is 376. The van der Waals surface area contributed by atoms with Crippen LogP contribution in [0.5, 0.6) is 0 Å². The lowest BCUT2D eigenvalue weighted by atomic mass is 10.2. The van der Waals surface area contributed by atoms with E-state index in [1.807, 2.05) is 6.07 Å². The third-order valence-corrected chi connectivity index (χ3v) is 3.77. The zero-order chi connectivity index (χ0) is 11.5. The van der Waals surface area contributed by atoms with Crippen molar-refractivity contribution in [1.29, 1.82) is 0 Å². The summed E-state index contributed by atoms with van der Waals surface area (Å²) in [5.74, 6) is 0. The van der Waals surface area contributed by atoms with Crippen molar-refractivity contribution in [3.8, 4) is 0 Å². The molecule has 0 unspecified atom stereocenters. The maximum absolute atomic E-state index is 6.14. The summed E-state index contributed by atoms with van der Waals surface area (Å²) < 4.78 is 0. The summed E-state index contributed by atoms with van der Waals surface area (Å²) in [7, 11) is 0. The molecule has 1 aliphatic rings. The van der Waals surface area contributed by atoms with Gasteiger partial charge in [0.25, 0.3) is 0 Å². The number of halogens is 3. The van der Waals surface area contributed by atoms with Crippen LogP contribution in [0.25, 0.3) is 0 Å². The molecule has 16 heavy (non-hydrogen) atoms. The summed E-state index contributed by atoms with van der Waals surface area (Å²) in [6, 6.07) is 3.57. The minimum Gasteiger partial charge on any atom is -0.314 e. The average molecular weight is 280 g/mol. The largest absolute Gasteiger partial charge is 0.314 e. The molecule has 1 heterocycles. The van der Waals surface area contributed by atoms with Crippen molar-refractivity contribution >= 4 is 34.8 Å². The quantitative estimate of drug-likeness (QED) is 0.837. The second-order valence-corrected chi connectivity index (χ2v) is 5.11. The Morgan fingerprint density at radius 3 is 2.31 bits per heavy atom. The fourth-order valence-electron chi connectivity index (χ4n) is 1.80. The SMILES string of the molecule is Clc1cc(Cl)c(CN2CCNCC2)cc1Cl. The van der Waals surface area contributed by atoms with E-state index < -0.39 is 0 Å². The van der Waals surface area contributed by atoms with Gasteiger partial charge in [-0.1, -0.05) is 34.8 Å². The number of hydrogen-bond acceptors (Lipinski definition) is 2. The molecule has 1 aliphatic heterocycles. The first-order chi connectivity index (χ1) is 7.66. The van der Waals surface area contributed by atoms with E-state index in [-0.39, 0.29) is 0 Å². The lowest BCUT2D eigenvalue weighted by Gasteiger charge is -2.27. The lowest BCUT2D eigenvalue weighted by molar-refractivity contribution is 0.233. The summed E-state index contributed by atoms with van der Waals surface area (Å²) in [4.78, 5) is 2.35. The van der Waals surface area contributed by atoms with Crippen LogP contribution in [0.1, 0.15) is 5.56 Å². The zero-order valence-electron chi connectivity index (χ0n) is 8.77. The van der Waals surface area contributed by atoms with Gasteiger partial charge in [-0.15, -0.1) is 0 Å². The first-order valence-corrected chi connectivity index (χ1v) is 6.36.